The molecule has 0 bridgehead atoms. The van der Waals surface area contributed by atoms with Gasteiger partial charge in [-0.05, 0) is 97.3 Å². The van der Waals surface area contributed by atoms with E-state index in [0.717, 1.165) is 23.8 Å². The van der Waals surface area contributed by atoms with E-state index in [4.69, 9.17) is 14.2 Å². The summed E-state index contributed by atoms with van der Waals surface area (Å²) in [5.41, 5.74) is 0.831. The van der Waals surface area contributed by atoms with Crippen LogP contribution >= 0.6 is 54.5 Å². The monoisotopic (exact) mass is 568 g/mol. The number of hydrogen-bond donors (Lipinski definition) is 0. The third-order valence-electron chi connectivity index (χ3n) is 3.42. The molecule has 0 fully saturated rings. The normalized spacial score (nSPS) is 11.8. The fourth-order valence-corrected chi connectivity index (χ4v) is 4.16. The van der Waals surface area contributed by atoms with Crippen LogP contribution in [0.1, 0.15) is 18.4 Å². The number of carbonyl (C=O) groups excluding carboxylic acids is 1. The minimum absolute atomic E-state index is 0.285. The topological polar surface area (TPSA) is 44.8 Å². The summed E-state index contributed by atoms with van der Waals surface area (Å²) in [6.07, 6.45) is 0. The van der Waals surface area contributed by atoms with E-state index < -0.39 is 0 Å². The third kappa shape index (κ3) is 4.43. The van der Waals surface area contributed by atoms with Gasteiger partial charge in [0.1, 0.15) is 11.5 Å². The summed E-state index contributed by atoms with van der Waals surface area (Å²) in [6, 6.07) is 9.30. The molecule has 0 aliphatic carbocycles. The SMILES string of the molecule is COC(=O)C(C)c1cc(Br)c(Oc2ccc(OC)c(I)c2)c(Br)c1. The summed E-state index contributed by atoms with van der Waals surface area (Å²) in [5, 5.41) is 0. The van der Waals surface area contributed by atoms with Gasteiger partial charge in [0.15, 0.2) is 5.75 Å². The van der Waals surface area contributed by atoms with Crippen LogP contribution in [0.3, 0.4) is 0 Å². The van der Waals surface area contributed by atoms with E-state index in [9.17, 15) is 4.79 Å². The van der Waals surface area contributed by atoms with Crippen LogP contribution in [0.15, 0.2) is 39.3 Å². The van der Waals surface area contributed by atoms with Gasteiger partial charge in [0.25, 0.3) is 0 Å². The molecule has 128 valence electrons. The van der Waals surface area contributed by atoms with Crippen LogP contribution in [0.4, 0.5) is 0 Å². The predicted molar refractivity (Wildman–Crippen MR) is 108 cm³/mol. The largest absolute Gasteiger partial charge is 0.496 e. The van der Waals surface area contributed by atoms with E-state index in [-0.39, 0.29) is 11.9 Å². The standard InChI is InChI=1S/C17H15Br2IO4/c1-9(17(21)23-3)10-6-12(18)16(13(19)7-10)24-11-4-5-15(22-2)14(20)8-11/h4-9H,1-3H3. The molecule has 1 unspecified atom stereocenters. The van der Waals surface area contributed by atoms with Crippen molar-refractivity contribution in [3.8, 4) is 17.2 Å². The van der Waals surface area contributed by atoms with Gasteiger partial charge in [-0.25, -0.2) is 0 Å². The quantitative estimate of drug-likeness (QED) is 0.333. The second kappa shape index (κ2) is 8.53. The number of hydrogen-bond acceptors (Lipinski definition) is 4. The van der Waals surface area contributed by atoms with Crippen LogP contribution in [0.5, 0.6) is 17.2 Å². The Bertz CT molecular complexity index is 741. The second-order valence-corrected chi connectivity index (χ2v) is 7.83. The summed E-state index contributed by atoms with van der Waals surface area (Å²) >= 11 is 9.21. The maximum absolute atomic E-state index is 11.7. The first kappa shape index (κ1) is 19.5. The van der Waals surface area contributed by atoms with Crippen molar-refractivity contribution in [1.29, 1.82) is 0 Å². The van der Waals surface area contributed by atoms with Crippen molar-refractivity contribution in [2.75, 3.05) is 14.2 Å². The molecule has 0 spiro atoms. The molecule has 0 radical (unpaired) electrons. The Balaban J connectivity index is 2.32. The summed E-state index contributed by atoms with van der Waals surface area (Å²) in [5.74, 6) is 1.47. The molecule has 1 atom stereocenters. The molecular weight excluding hydrogens is 555 g/mol. The van der Waals surface area contributed by atoms with Crippen LogP contribution < -0.4 is 9.47 Å². The van der Waals surface area contributed by atoms with Gasteiger partial charge in [-0.1, -0.05) is 0 Å². The van der Waals surface area contributed by atoms with E-state index in [1.165, 1.54) is 7.11 Å². The average Bonchev–Trinajstić information content (AvgIpc) is 2.56. The highest BCUT2D eigenvalue weighted by molar-refractivity contribution is 14.1. The number of methoxy groups -OCH3 is 2. The fourth-order valence-electron chi connectivity index (χ4n) is 2.07. The summed E-state index contributed by atoms with van der Waals surface area (Å²) < 4.78 is 18.5. The molecule has 0 aliphatic heterocycles. The molecule has 4 nitrogen and oxygen atoms in total. The number of esters is 1. The Hall–Kier alpha value is -0.800. The lowest BCUT2D eigenvalue weighted by molar-refractivity contribution is -0.141. The molecule has 2 rings (SSSR count). The van der Waals surface area contributed by atoms with E-state index in [1.807, 2.05) is 30.3 Å². The highest BCUT2D eigenvalue weighted by atomic mass is 127. The molecule has 2 aromatic carbocycles. The first-order valence-corrected chi connectivity index (χ1v) is 9.62. The molecule has 0 saturated carbocycles. The molecule has 0 aromatic heterocycles. The molecule has 7 heteroatoms. The molecule has 0 amide bonds. The second-order valence-electron chi connectivity index (χ2n) is 4.96. The van der Waals surface area contributed by atoms with Gasteiger partial charge in [-0.3, -0.25) is 4.79 Å². The average molecular weight is 570 g/mol. The molecule has 0 aliphatic rings. The minimum atomic E-state index is -0.362. The van der Waals surface area contributed by atoms with Gasteiger partial charge in [0, 0.05) is 0 Å². The number of benzene rings is 2. The van der Waals surface area contributed by atoms with Crippen molar-refractivity contribution >= 4 is 60.4 Å². The molecule has 0 heterocycles. The Morgan fingerprint density at radius 3 is 2.25 bits per heavy atom. The van der Waals surface area contributed by atoms with Gasteiger partial charge >= 0.3 is 5.97 Å². The van der Waals surface area contributed by atoms with Crippen molar-refractivity contribution < 1.29 is 19.0 Å². The molecule has 24 heavy (non-hydrogen) atoms. The fraction of sp³-hybridized carbons (Fsp3) is 0.235. The number of carbonyl (C=O) groups is 1. The van der Waals surface area contributed by atoms with Gasteiger partial charge in [0.05, 0.1) is 32.7 Å². The van der Waals surface area contributed by atoms with Crippen LogP contribution in [0.2, 0.25) is 0 Å². The van der Waals surface area contributed by atoms with Crippen molar-refractivity contribution in [3.63, 3.8) is 0 Å². The summed E-state index contributed by atoms with van der Waals surface area (Å²) in [6.45, 7) is 1.80. The van der Waals surface area contributed by atoms with Crippen molar-refractivity contribution in [2.45, 2.75) is 12.8 Å². The van der Waals surface area contributed by atoms with Crippen molar-refractivity contribution in [3.05, 3.63) is 48.4 Å². The third-order valence-corrected chi connectivity index (χ3v) is 5.44. The lowest BCUT2D eigenvalue weighted by Crippen LogP contribution is -2.10. The Morgan fingerprint density at radius 2 is 1.75 bits per heavy atom. The van der Waals surface area contributed by atoms with Crippen LogP contribution in [0, 0.1) is 3.57 Å². The minimum Gasteiger partial charge on any atom is -0.496 e. The van der Waals surface area contributed by atoms with Gasteiger partial charge in [-0.2, -0.15) is 0 Å². The van der Waals surface area contributed by atoms with Crippen LogP contribution in [0.25, 0.3) is 0 Å². The van der Waals surface area contributed by atoms with E-state index in [1.54, 1.807) is 14.0 Å². The Morgan fingerprint density at radius 1 is 1.12 bits per heavy atom. The number of ether oxygens (including phenoxy) is 3. The van der Waals surface area contributed by atoms with Crippen LogP contribution in [-0.4, -0.2) is 20.2 Å². The molecule has 2 aromatic rings. The smallest absolute Gasteiger partial charge is 0.312 e. The Kier molecular flexibility index (Phi) is 6.94. The zero-order chi connectivity index (χ0) is 17.9. The highest BCUT2D eigenvalue weighted by Gasteiger charge is 2.19. The molecule has 0 saturated heterocycles. The lowest BCUT2D eigenvalue weighted by Gasteiger charge is -2.15. The van der Waals surface area contributed by atoms with Gasteiger partial charge < -0.3 is 14.2 Å². The molecule has 0 N–H and O–H groups in total. The maximum atomic E-state index is 11.7. The zero-order valence-electron chi connectivity index (χ0n) is 13.2. The summed E-state index contributed by atoms with van der Waals surface area (Å²) in [7, 11) is 3.01. The Labute approximate surface area is 171 Å². The first-order valence-electron chi connectivity index (χ1n) is 6.95. The van der Waals surface area contributed by atoms with Crippen molar-refractivity contribution in [1.82, 2.24) is 0 Å². The highest BCUT2D eigenvalue weighted by Crippen LogP contribution is 2.40. The maximum Gasteiger partial charge on any atom is 0.312 e. The number of rotatable bonds is 5. The first-order chi connectivity index (χ1) is 11.4. The predicted octanol–water partition coefficient (Wildman–Crippen LogP) is 5.89. The number of halogens is 3. The summed E-state index contributed by atoms with van der Waals surface area (Å²) in [4.78, 5) is 11.7. The van der Waals surface area contributed by atoms with E-state index >= 15 is 0 Å². The van der Waals surface area contributed by atoms with E-state index in [0.29, 0.717) is 11.5 Å². The van der Waals surface area contributed by atoms with Gasteiger partial charge in [0.2, 0.25) is 0 Å². The molecular formula is C17H15Br2IO4. The van der Waals surface area contributed by atoms with E-state index in [2.05, 4.69) is 54.5 Å². The van der Waals surface area contributed by atoms with Crippen LogP contribution in [-0.2, 0) is 9.53 Å². The van der Waals surface area contributed by atoms with Gasteiger partial charge in [-0.15, -0.1) is 0 Å². The zero-order valence-corrected chi connectivity index (χ0v) is 18.6. The lowest BCUT2D eigenvalue weighted by atomic mass is 10.0. The van der Waals surface area contributed by atoms with Crippen molar-refractivity contribution in [2.24, 2.45) is 0 Å².